The quantitative estimate of drug-likeness (QED) is 0.909. The second kappa shape index (κ2) is 6.20. The van der Waals surface area contributed by atoms with Crippen molar-refractivity contribution in [1.82, 2.24) is 4.90 Å². The van der Waals surface area contributed by atoms with E-state index in [1.165, 1.54) is 11.3 Å². The van der Waals surface area contributed by atoms with Crippen LogP contribution in [0.4, 0.5) is 0 Å². The SMILES string of the molecule is COc1csc(C(=O)N2CCCC(CCO)C2)c1. The zero-order valence-electron chi connectivity index (χ0n) is 10.6. The number of hydrogen-bond acceptors (Lipinski definition) is 4. The average molecular weight is 269 g/mol. The lowest BCUT2D eigenvalue weighted by molar-refractivity contribution is 0.0658. The summed E-state index contributed by atoms with van der Waals surface area (Å²) in [5.74, 6) is 1.27. The molecule has 100 valence electrons. The first-order valence-electron chi connectivity index (χ1n) is 6.27. The summed E-state index contributed by atoms with van der Waals surface area (Å²) >= 11 is 1.42. The number of amides is 1. The van der Waals surface area contributed by atoms with Crippen molar-refractivity contribution in [1.29, 1.82) is 0 Å². The van der Waals surface area contributed by atoms with Gasteiger partial charge in [0.1, 0.15) is 5.75 Å². The highest BCUT2D eigenvalue weighted by Crippen LogP contribution is 2.25. The second-order valence-electron chi connectivity index (χ2n) is 4.62. The topological polar surface area (TPSA) is 49.8 Å². The van der Waals surface area contributed by atoms with E-state index in [4.69, 9.17) is 9.84 Å². The number of carbonyl (C=O) groups excluding carboxylic acids is 1. The molecule has 1 saturated heterocycles. The summed E-state index contributed by atoms with van der Waals surface area (Å²) in [6.07, 6.45) is 2.93. The molecule has 0 radical (unpaired) electrons. The molecule has 1 fully saturated rings. The Morgan fingerprint density at radius 2 is 2.50 bits per heavy atom. The van der Waals surface area contributed by atoms with Crippen molar-refractivity contribution in [3.05, 3.63) is 16.3 Å². The van der Waals surface area contributed by atoms with Crippen LogP contribution in [0.2, 0.25) is 0 Å². The number of thiophene rings is 1. The first-order chi connectivity index (χ1) is 8.74. The molecule has 2 heterocycles. The summed E-state index contributed by atoms with van der Waals surface area (Å²) in [6, 6.07) is 1.79. The molecule has 5 heteroatoms. The molecule has 1 aliphatic rings. The van der Waals surface area contributed by atoms with Crippen molar-refractivity contribution >= 4 is 17.2 Å². The average Bonchev–Trinajstić information content (AvgIpc) is 2.87. The van der Waals surface area contributed by atoms with Crippen molar-refractivity contribution in [2.75, 3.05) is 26.8 Å². The number of aliphatic hydroxyl groups is 1. The van der Waals surface area contributed by atoms with Crippen LogP contribution in [0.25, 0.3) is 0 Å². The summed E-state index contributed by atoms with van der Waals surface area (Å²) in [4.78, 5) is 14.9. The summed E-state index contributed by atoms with van der Waals surface area (Å²) < 4.78 is 5.10. The van der Waals surface area contributed by atoms with Gasteiger partial charge in [0.25, 0.3) is 5.91 Å². The molecule has 1 aromatic rings. The Labute approximate surface area is 111 Å². The molecule has 0 bridgehead atoms. The number of methoxy groups -OCH3 is 1. The molecule has 18 heavy (non-hydrogen) atoms. The van der Waals surface area contributed by atoms with Gasteiger partial charge in [-0.2, -0.15) is 0 Å². The Morgan fingerprint density at radius 3 is 3.17 bits per heavy atom. The molecule has 4 nitrogen and oxygen atoms in total. The molecule has 0 aromatic carbocycles. The van der Waals surface area contributed by atoms with Gasteiger partial charge < -0.3 is 14.7 Å². The fourth-order valence-electron chi connectivity index (χ4n) is 2.36. The van der Waals surface area contributed by atoms with Crippen LogP contribution in [0, 0.1) is 5.92 Å². The van der Waals surface area contributed by atoms with Gasteiger partial charge in [-0.3, -0.25) is 4.79 Å². The third kappa shape index (κ3) is 3.03. The second-order valence-corrected chi connectivity index (χ2v) is 5.53. The van der Waals surface area contributed by atoms with Crippen LogP contribution in [0.15, 0.2) is 11.4 Å². The molecule has 1 unspecified atom stereocenters. The van der Waals surface area contributed by atoms with Gasteiger partial charge in [0, 0.05) is 31.1 Å². The van der Waals surface area contributed by atoms with Crippen molar-refractivity contribution in [2.45, 2.75) is 19.3 Å². The molecule has 1 atom stereocenters. The number of hydrogen-bond donors (Lipinski definition) is 1. The molecular weight excluding hydrogens is 250 g/mol. The standard InChI is InChI=1S/C13H19NO3S/c1-17-11-7-12(18-9-11)13(16)14-5-2-3-10(8-14)4-6-15/h7,9-10,15H,2-6,8H2,1H3. The highest BCUT2D eigenvalue weighted by atomic mass is 32.1. The lowest BCUT2D eigenvalue weighted by Gasteiger charge is -2.32. The van der Waals surface area contributed by atoms with Gasteiger partial charge in [0.05, 0.1) is 12.0 Å². The van der Waals surface area contributed by atoms with Gasteiger partial charge in [-0.05, 0) is 25.2 Å². The van der Waals surface area contributed by atoms with Gasteiger partial charge in [0.15, 0.2) is 0 Å². The van der Waals surface area contributed by atoms with Gasteiger partial charge >= 0.3 is 0 Å². The molecule has 1 aromatic heterocycles. The van der Waals surface area contributed by atoms with Crippen LogP contribution in [-0.4, -0.2) is 42.7 Å². The van der Waals surface area contributed by atoms with Gasteiger partial charge in [-0.15, -0.1) is 11.3 Å². The minimum Gasteiger partial charge on any atom is -0.496 e. The molecule has 0 aliphatic carbocycles. The Hall–Kier alpha value is -1.07. The summed E-state index contributed by atoms with van der Waals surface area (Å²) in [6.45, 7) is 1.79. The van der Waals surface area contributed by atoms with Crippen LogP contribution >= 0.6 is 11.3 Å². The maximum atomic E-state index is 12.3. The number of aliphatic hydroxyl groups excluding tert-OH is 1. The van der Waals surface area contributed by atoms with Gasteiger partial charge in [-0.25, -0.2) is 0 Å². The smallest absolute Gasteiger partial charge is 0.264 e. The zero-order valence-corrected chi connectivity index (χ0v) is 11.4. The lowest BCUT2D eigenvalue weighted by Crippen LogP contribution is -2.39. The third-order valence-electron chi connectivity index (χ3n) is 3.37. The maximum Gasteiger partial charge on any atom is 0.264 e. The molecule has 1 amide bonds. The number of ether oxygens (including phenoxy) is 1. The first-order valence-corrected chi connectivity index (χ1v) is 7.15. The van der Waals surface area contributed by atoms with E-state index in [1.807, 2.05) is 10.3 Å². The Bertz CT molecular complexity index is 403. The number of piperidine rings is 1. The van der Waals surface area contributed by atoms with E-state index < -0.39 is 0 Å². The number of nitrogens with zero attached hydrogens (tertiary/aromatic N) is 1. The van der Waals surface area contributed by atoms with E-state index in [2.05, 4.69) is 0 Å². The van der Waals surface area contributed by atoms with E-state index in [9.17, 15) is 4.79 Å². The number of carbonyl (C=O) groups is 1. The van der Waals surface area contributed by atoms with Crippen LogP contribution < -0.4 is 4.74 Å². The highest BCUT2D eigenvalue weighted by molar-refractivity contribution is 7.12. The van der Waals surface area contributed by atoms with Crippen molar-refractivity contribution < 1.29 is 14.6 Å². The lowest BCUT2D eigenvalue weighted by atomic mass is 9.95. The Balaban J connectivity index is 1.99. The van der Waals surface area contributed by atoms with Crippen molar-refractivity contribution in [2.24, 2.45) is 5.92 Å². The van der Waals surface area contributed by atoms with E-state index >= 15 is 0 Å². The molecule has 2 rings (SSSR count). The van der Waals surface area contributed by atoms with Crippen LogP contribution in [-0.2, 0) is 0 Å². The third-order valence-corrected chi connectivity index (χ3v) is 4.26. The fraction of sp³-hybridized carbons (Fsp3) is 0.615. The minimum atomic E-state index is 0.0888. The predicted molar refractivity (Wildman–Crippen MR) is 71.2 cm³/mol. The van der Waals surface area contributed by atoms with Crippen LogP contribution in [0.5, 0.6) is 5.75 Å². The summed E-state index contributed by atoms with van der Waals surface area (Å²) in [7, 11) is 1.61. The van der Waals surface area contributed by atoms with Crippen molar-refractivity contribution in [3.63, 3.8) is 0 Å². The van der Waals surface area contributed by atoms with Gasteiger partial charge in [-0.1, -0.05) is 0 Å². The van der Waals surface area contributed by atoms with E-state index in [0.29, 0.717) is 5.92 Å². The normalized spacial score (nSPS) is 19.9. The highest BCUT2D eigenvalue weighted by Gasteiger charge is 2.25. The number of rotatable bonds is 4. The maximum absolute atomic E-state index is 12.3. The van der Waals surface area contributed by atoms with Crippen LogP contribution in [0.1, 0.15) is 28.9 Å². The monoisotopic (exact) mass is 269 g/mol. The molecule has 1 aliphatic heterocycles. The molecular formula is C13H19NO3S. The van der Waals surface area contributed by atoms with Crippen LogP contribution in [0.3, 0.4) is 0 Å². The largest absolute Gasteiger partial charge is 0.496 e. The fourth-order valence-corrected chi connectivity index (χ4v) is 3.18. The van der Waals surface area contributed by atoms with E-state index in [1.54, 1.807) is 13.2 Å². The molecule has 1 N–H and O–H groups in total. The van der Waals surface area contributed by atoms with E-state index in [-0.39, 0.29) is 12.5 Å². The molecule has 0 spiro atoms. The molecule has 0 saturated carbocycles. The van der Waals surface area contributed by atoms with Crippen molar-refractivity contribution in [3.8, 4) is 5.75 Å². The summed E-state index contributed by atoms with van der Waals surface area (Å²) in [5.41, 5.74) is 0. The summed E-state index contributed by atoms with van der Waals surface area (Å²) in [5, 5.41) is 10.8. The Morgan fingerprint density at radius 1 is 1.67 bits per heavy atom. The minimum absolute atomic E-state index is 0.0888. The predicted octanol–water partition coefficient (Wildman–Crippen LogP) is 1.99. The zero-order chi connectivity index (χ0) is 13.0. The number of likely N-dealkylation sites (tertiary alicyclic amines) is 1. The van der Waals surface area contributed by atoms with Gasteiger partial charge in [0.2, 0.25) is 0 Å². The Kier molecular flexibility index (Phi) is 4.60. The first kappa shape index (κ1) is 13.4. The van der Waals surface area contributed by atoms with E-state index in [0.717, 1.165) is 43.0 Å².